The van der Waals surface area contributed by atoms with E-state index < -0.39 is 0 Å². The molecule has 0 aliphatic heterocycles. The highest BCUT2D eigenvalue weighted by Gasteiger charge is 2.12. The summed E-state index contributed by atoms with van der Waals surface area (Å²) in [6, 6.07) is 9.34. The third-order valence-corrected chi connectivity index (χ3v) is 3.32. The first-order valence-electron chi connectivity index (χ1n) is 7.15. The van der Waals surface area contributed by atoms with Gasteiger partial charge in [-0.25, -0.2) is 0 Å². The molecule has 1 rings (SSSR count). The van der Waals surface area contributed by atoms with Gasteiger partial charge in [-0.2, -0.15) is 0 Å². The minimum Gasteiger partial charge on any atom is -0.309 e. The predicted octanol–water partition coefficient (Wildman–Crippen LogP) is 3.38. The Morgan fingerprint density at radius 1 is 1.17 bits per heavy atom. The number of aryl methyl sites for hydroxylation is 1. The molecule has 0 fully saturated rings. The average molecular weight is 248 g/mol. The molecule has 0 saturated carbocycles. The zero-order valence-electron chi connectivity index (χ0n) is 12.4. The van der Waals surface area contributed by atoms with E-state index in [1.807, 2.05) is 0 Å². The Morgan fingerprint density at radius 2 is 1.83 bits per heavy atom. The van der Waals surface area contributed by atoms with Crippen LogP contribution in [-0.4, -0.2) is 31.6 Å². The average Bonchev–Trinajstić information content (AvgIpc) is 2.37. The zero-order chi connectivity index (χ0) is 13.4. The van der Waals surface area contributed by atoms with Gasteiger partial charge in [0, 0.05) is 12.6 Å². The van der Waals surface area contributed by atoms with Gasteiger partial charge in [-0.05, 0) is 39.0 Å². The smallest absolute Gasteiger partial charge is 0.0449 e. The van der Waals surface area contributed by atoms with Crippen LogP contribution in [0.3, 0.4) is 0 Å². The van der Waals surface area contributed by atoms with Crippen LogP contribution in [0.1, 0.15) is 43.9 Å². The van der Waals surface area contributed by atoms with Crippen molar-refractivity contribution in [3.8, 4) is 0 Å². The molecule has 18 heavy (non-hydrogen) atoms. The number of nitrogens with one attached hydrogen (secondary N) is 1. The highest BCUT2D eigenvalue weighted by Crippen LogP contribution is 2.15. The molecule has 1 aromatic rings. The molecule has 2 heteroatoms. The summed E-state index contributed by atoms with van der Waals surface area (Å²) in [4.78, 5) is 2.43. The van der Waals surface area contributed by atoms with Crippen molar-refractivity contribution < 1.29 is 0 Å². The van der Waals surface area contributed by atoms with Crippen LogP contribution >= 0.6 is 0 Å². The number of nitrogens with zero attached hydrogens (tertiary/aromatic N) is 1. The third kappa shape index (κ3) is 5.19. The Labute approximate surface area is 112 Å². The van der Waals surface area contributed by atoms with Crippen molar-refractivity contribution in [3.63, 3.8) is 0 Å². The minimum atomic E-state index is 0.442. The Morgan fingerprint density at radius 3 is 2.39 bits per heavy atom. The van der Waals surface area contributed by atoms with Gasteiger partial charge in [0.15, 0.2) is 0 Å². The normalized spacial score (nSPS) is 12.9. The van der Waals surface area contributed by atoms with Crippen molar-refractivity contribution in [2.24, 2.45) is 0 Å². The summed E-state index contributed by atoms with van der Waals surface area (Å²) in [6.45, 7) is 9.84. The van der Waals surface area contributed by atoms with E-state index >= 15 is 0 Å². The van der Waals surface area contributed by atoms with Crippen LogP contribution in [-0.2, 0) is 0 Å². The van der Waals surface area contributed by atoms with Crippen molar-refractivity contribution in [2.75, 3.05) is 26.7 Å². The van der Waals surface area contributed by atoms with E-state index in [4.69, 9.17) is 0 Å². The Kier molecular flexibility index (Phi) is 6.99. The molecule has 0 spiro atoms. The molecule has 0 saturated heterocycles. The highest BCUT2D eigenvalue weighted by atomic mass is 15.1. The molecule has 1 unspecified atom stereocenters. The van der Waals surface area contributed by atoms with E-state index in [1.165, 1.54) is 30.5 Å². The molecule has 1 aromatic carbocycles. The lowest BCUT2D eigenvalue weighted by molar-refractivity contribution is 0.288. The lowest BCUT2D eigenvalue weighted by Gasteiger charge is -2.25. The van der Waals surface area contributed by atoms with Crippen LogP contribution < -0.4 is 5.32 Å². The van der Waals surface area contributed by atoms with E-state index in [1.54, 1.807) is 0 Å². The number of hydrogen-bond donors (Lipinski definition) is 1. The molecule has 1 atom stereocenters. The van der Waals surface area contributed by atoms with E-state index in [0.717, 1.165) is 13.1 Å². The Hall–Kier alpha value is -0.860. The molecule has 2 nitrogen and oxygen atoms in total. The molecule has 0 bridgehead atoms. The fourth-order valence-electron chi connectivity index (χ4n) is 2.16. The molecule has 0 heterocycles. The summed E-state index contributed by atoms with van der Waals surface area (Å²) in [5.41, 5.74) is 2.72. The molecule has 0 amide bonds. The van der Waals surface area contributed by atoms with Gasteiger partial charge in [-0.3, -0.25) is 0 Å². The SMILES string of the molecule is CCCCN(C)CC(NCC)c1ccc(C)cc1. The summed E-state index contributed by atoms with van der Waals surface area (Å²) in [6.07, 6.45) is 2.55. The monoisotopic (exact) mass is 248 g/mol. The Bertz CT molecular complexity index is 318. The maximum Gasteiger partial charge on any atom is 0.0449 e. The van der Waals surface area contributed by atoms with Gasteiger partial charge >= 0.3 is 0 Å². The van der Waals surface area contributed by atoms with Crippen LogP contribution in [0.25, 0.3) is 0 Å². The fraction of sp³-hybridized carbons (Fsp3) is 0.625. The van der Waals surface area contributed by atoms with E-state index in [9.17, 15) is 0 Å². The van der Waals surface area contributed by atoms with Gasteiger partial charge in [-0.1, -0.05) is 50.1 Å². The second-order valence-corrected chi connectivity index (χ2v) is 5.14. The maximum atomic E-state index is 3.58. The summed E-state index contributed by atoms with van der Waals surface area (Å²) >= 11 is 0. The number of benzene rings is 1. The molecule has 0 aliphatic carbocycles. The van der Waals surface area contributed by atoms with Gasteiger partial charge in [0.2, 0.25) is 0 Å². The first-order chi connectivity index (χ1) is 8.67. The molecule has 102 valence electrons. The van der Waals surface area contributed by atoms with E-state index in [-0.39, 0.29) is 0 Å². The lowest BCUT2D eigenvalue weighted by atomic mass is 10.0. The Balaban J connectivity index is 2.61. The van der Waals surface area contributed by atoms with Crippen molar-refractivity contribution >= 4 is 0 Å². The molecule has 0 aromatic heterocycles. The van der Waals surface area contributed by atoms with Crippen LogP contribution in [0.4, 0.5) is 0 Å². The number of likely N-dealkylation sites (N-methyl/N-ethyl adjacent to an activating group) is 2. The quantitative estimate of drug-likeness (QED) is 0.759. The molecule has 0 aliphatic rings. The van der Waals surface area contributed by atoms with E-state index in [2.05, 4.69) is 62.3 Å². The topological polar surface area (TPSA) is 15.3 Å². The summed E-state index contributed by atoms with van der Waals surface area (Å²) < 4.78 is 0. The minimum absolute atomic E-state index is 0.442. The summed E-state index contributed by atoms with van der Waals surface area (Å²) in [5, 5.41) is 3.58. The summed E-state index contributed by atoms with van der Waals surface area (Å²) in [7, 11) is 2.22. The van der Waals surface area contributed by atoms with Crippen molar-refractivity contribution in [3.05, 3.63) is 35.4 Å². The predicted molar refractivity (Wildman–Crippen MR) is 80.0 cm³/mol. The molecule has 0 radical (unpaired) electrons. The molecular formula is C16H28N2. The second kappa shape index (κ2) is 8.28. The largest absolute Gasteiger partial charge is 0.309 e. The van der Waals surface area contributed by atoms with Crippen LogP contribution in [0.15, 0.2) is 24.3 Å². The summed E-state index contributed by atoms with van der Waals surface area (Å²) in [5.74, 6) is 0. The maximum absolute atomic E-state index is 3.58. The molecule has 1 N–H and O–H groups in total. The van der Waals surface area contributed by atoms with Gasteiger partial charge in [0.25, 0.3) is 0 Å². The zero-order valence-corrected chi connectivity index (χ0v) is 12.4. The first-order valence-corrected chi connectivity index (χ1v) is 7.15. The van der Waals surface area contributed by atoms with Gasteiger partial charge in [0.1, 0.15) is 0 Å². The van der Waals surface area contributed by atoms with Gasteiger partial charge < -0.3 is 10.2 Å². The highest BCUT2D eigenvalue weighted by molar-refractivity contribution is 5.24. The van der Waals surface area contributed by atoms with Crippen LogP contribution in [0.2, 0.25) is 0 Å². The lowest BCUT2D eigenvalue weighted by Crippen LogP contribution is -2.33. The molecular weight excluding hydrogens is 220 g/mol. The first kappa shape index (κ1) is 15.2. The van der Waals surface area contributed by atoms with Crippen molar-refractivity contribution in [1.82, 2.24) is 10.2 Å². The number of hydrogen-bond acceptors (Lipinski definition) is 2. The van der Waals surface area contributed by atoms with Crippen molar-refractivity contribution in [2.45, 2.75) is 39.7 Å². The van der Waals surface area contributed by atoms with Crippen LogP contribution in [0, 0.1) is 6.92 Å². The fourth-order valence-corrected chi connectivity index (χ4v) is 2.16. The van der Waals surface area contributed by atoms with Crippen molar-refractivity contribution in [1.29, 1.82) is 0 Å². The number of unbranched alkanes of at least 4 members (excludes halogenated alkanes) is 1. The number of rotatable bonds is 8. The van der Waals surface area contributed by atoms with Gasteiger partial charge in [0.05, 0.1) is 0 Å². The van der Waals surface area contributed by atoms with Gasteiger partial charge in [-0.15, -0.1) is 0 Å². The standard InChI is InChI=1S/C16H28N2/c1-5-7-12-18(4)13-16(17-6-2)15-10-8-14(3)9-11-15/h8-11,16-17H,5-7,12-13H2,1-4H3. The third-order valence-electron chi connectivity index (χ3n) is 3.32. The van der Waals surface area contributed by atoms with Crippen LogP contribution in [0.5, 0.6) is 0 Å². The second-order valence-electron chi connectivity index (χ2n) is 5.14. The van der Waals surface area contributed by atoms with E-state index in [0.29, 0.717) is 6.04 Å².